The van der Waals surface area contributed by atoms with E-state index >= 15 is 0 Å². The molecule has 0 saturated carbocycles. The number of nitrogens with zero attached hydrogens (tertiary/aromatic N) is 5. The van der Waals surface area contributed by atoms with Gasteiger partial charge >= 0.3 is 12.1 Å². The summed E-state index contributed by atoms with van der Waals surface area (Å²) in [5.74, 6) is 0.264. The predicted molar refractivity (Wildman–Crippen MR) is 103 cm³/mol. The smallest absolute Gasteiger partial charge is 0.410 e. The van der Waals surface area contributed by atoms with Crippen molar-refractivity contribution >= 4 is 18.0 Å². The molecule has 0 aromatic rings. The first kappa shape index (κ1) is 21.8. The summed E-state index contributed by atoms with van der Waals surface area (Å²) >= 11 is 0. The molecule has 9 heteroatoms. The van der Waals surface area contributed by atoms with Crippen LogP contribution in [0.25, 0.3) is 0 Å². The molecule has 1 atom stereocenters. The summed E-state index contributed by atoms with van der Waals surface area (Å²) in [7, 11) is 0. The number of piperazine rings is 1. The minimum atomic E-state index is -0.744. The Kier molecular flexibility index (Phi) is 6.42. The third-order valence-corrected chi connectivity index (χ3v) is 4.67. The average Bonchev–Trinajstić information content (AvgIpc) is 2.90. The van der Waals surface area contributed by atoms with E-state index in [1.165, 1.54) is 0 Å². The largest absolute Gasteiger partial charge is 0.466 e. The Bertz CT molecular complexity index is 677. The van der Waals surface area contributed by atoms with Gasteiger partial charge in [-0.25, -0.2) is 4.79 Å². The summed E-state index contributed by atoms with van der Waals surface area (Å²) in [6, 6.07) is -0.00800. The number of carbonyl (C=O) groups excluding carboxylic acids is 2. The van der Waals surface area contributed by atoms with Gasteiger partial charge in [0.15, 0.2) is 0 Å². The van der Waals surface area contributed by atoms with Crippen molar-refractivity contribution in [3.8, 4) is 6.19 Å². The first-order chi connectivity index (χ1) is 13.0. The molecule has 0 spiro atoms. The van der Waals surface area contributed by atoms with Crippen molar-refractivity contribution in [2.75, 3.05) is 39.3 Å². The number of aliphatic imine (C=N–C) groups is 1. The van der Waals surface area contributed by atoms with Gasteiger partial charge in [0.25, 0.3) is 0 Å². The van der Waals surface area contributed by atoms with Crippen LogP contribution in [-0.4, -0.2) is 83.7 Å². The Morgan fingerprint density at radius 1 is 1.21 bits per heavy atom. The fourth-order valence-electron chi connectivity index (χ4n) is 3.47. The lowest BCUT2D eigenvalue weighted by Gasteiger charge is -2.37. The van der Waals surface area contributed by atoms with Crippen LogP contribution in [0.3, 0.4) is 0 Å². The molecule has 0 aliphatic carbocycles. The van der Waals surface area contributed by atoms with Gasteiger partial charge in [-0.2, -0.15) is 5.26 Å². The zero-order valence-corrected chi connectivity index (χ0v) is 17.7. The zero-order valence-electron chi connectivity index (χ0n) is 17.7. The topological polar surface area (TPSA) is 98.5 Å². The highest BCUT2D eigenvalue weighted by Gasteiger charge is 2.44. The molecule has 0 aromatic heterocycles. The number of esters is 1. The maximum atomic E-state index is 12.4. The number of fused-ring (bicyclic) bond motifs is 1. The van der Waals surface area contributed by atoms with Crippen LogP contribution in [0.2, 0.25) is 0 Å². The van der Waals surface area contributed by atoms with Gasteiger partial charge in [-0.1, -0.05) is 0 Å². The first-order valence-electron chi connectivity index (χ1n) is 9.62. The van der Waals surface area contributed by atoms with Crippen LogP contribution in [0.4, 0.5) is 4.79 Å². The summed E-state index contributed by atoms with van der Waals surface area (Å²) in [5, 5.41) is 9.13. The third-order valence-electron chi connectivity index (χ3n) is 4.67. The molecule has 0 aromatic carbocycles. The Hall–Kier alpha value is -2.50. The summed E-state index contributed by atoms with van der Waals surface area (Å²) < 4.78 is 10.6. The monoisotopic (exact) mass is 393 g/mol. The van der Waals surface area contributed by atoms with Crippen LogP contribution in [0, 0.1) is 16.9 Å². The first-order valence-corrected chi connectivity index (χ1v) is 9.62. The molecule has 28 heavy (non-hydrogen) atoms. The second kappa shape index (κ2) is 8.25. The van der Waals surface area contributed by atoms with Gasteiger partial charge in [0, 0.05) is 32.7 Å². The average molecular weight is 393 g/mol. The van der Waals surface area contributed by atoms with Crippen LogP contribution in [0.15, 0.2) is 4.99 Å². The summed E-state index contributed by atoms with van der Waals surface area (Å²) in [5.41, 5.74) is -1.29. The molecule has 2 saturated heterocycles. The molecule has 1 unspecified atom stereocenters. The molecule has 0 N–H and O–H groups in total. The molecular weight excluding hydrogens is 362 g/mol. The van der Waals surface area contributed by atoms with Crippen molar-refractivity contribution in [2.24, 2.45) is 10.4 Å². The van der Waals surface area contributed by atoms with Gasteiger partial charge in [-0.15, -0.1) is 4.99 Å². The van der Waals surface area contributed by atoms with Crippen molar-refractivity contribution in [1.29, 1.82) is 5.26 Å². The predicted octanol–water partition coefficient (Wildman–Crippen LogP) is 1.65. The Morgan fingerprint density at radius 2 is 1.89 bits per heavy atom. The fourth-order valence-corrected chi connectivity index (χ4v) is 3.47. The second-order valence-electron chi connectivity index (χ2n) is 8.77. The van der Waals surface area contributed by atoms with E-state index in [4.69, 9.17) is 14.7 Å². The van der Waals surface area contributed by atoms with E-state index in [9.17, 15) is 9.59 Å². The number of nitriles is 1. The van der Waals surface area contributed by atoms with E-state index in [2.05, 4.69) is 4.99 Å². The molecule has 9 nitrogen and oxygen atoms in total. The highest BCUT2D eigenvalue weighted by Crippen LogP contribution is 2.27. The molecular formula is C19H31N5O4. The van der Waals surface area contributed by atoms with E-state index in [-0.39, 0.29) is 18.1 Å². The molecule has 2 rings (SSSR count). The lowest BCUT2D eigenvalue weighted by molar-refractivity contribution is -0.153. The maximum Gasteiger partial charge on any atom is 0.410 e. The second-order valence-corrected chi connectivity index (χ2v) is 8.77. The van der Waals surface area contributed by atoms with E-state index in [0.29, 0.717) is 45.3 Å². The highest BCUT2D eigenvalue weighted by atomic mass is 16.6. The molecule has 2 heterocycles. The van der Waals surface area contributed by atoms with Gasteiger partial charge in [0.05, 0.1) is 18.1 Å². The van der Waals surface area contributed by atoms with Crippen LogP contribution in [-0.2, 0) is 14.3 Å². The summed E-state index contributed by atoms with van der Waals surface area (Å²) in [6.45, 7) is 13.7. The number of hydrogen-bond acceptors (Lipinski definition) is 6. The number of rotatable bonds is 4. The SMILES string of the molecule is CCOC(=O)C(C)(C)CN1CC2CN(C(=O)OC(C)(C)C)CCN2C1=NC#N. The number of amides is 1. The standard InChI is InChI=1S/C19H31N5O4/c1-7-27-15(25)19(5,6)12-23-11-14-10-22(17(26)28-18(2,3)4)8-9-24(14)16(23)21-13-20/h14H,7-12H2,1-6H3. The molecule has 2 aliphatic heterocycles. The Balaban J connectivity index is 2.12. The molecule has 2 aliphatic rings. The van der Waals surface area contributed by atoms with Crippen molar-refractivity contribution in [2.45, 2.75) is 53.2 Å². The third kappa shape index (κ3) is 5.06. The van der Waals surface area contributed by atoms with Crippen LogP contribution in [0.1, 0.15) is 41.5 Å². The quantitative estimate of drug-likeness (QED) is 0.529. The lowest BCUT2D eigenvalue weighted by Crippen LogP contribution is -2.54. The Labute approximate surface area is 166 Å². The van der Waals surface area contributed by atoms with E-state index in [1.807, 2.05) is 50.6 Å². The Morgan fingerprint density at radius 3 is 2.46 bits per heavy atom. The number of carbonyl (C=O) groups is 2. The normalized spacial score (nSPS) is 21.4. The lowest BCUT2D eigenvalue weighted by atomic mass is 9.93. The van der Waals surface area contributed by atoms with Gasteiger partial charge in [-0.3, -0.25) is 4.79 Å². The highest BCUT2D eigenvalue weighted by molar-refractivity contribution is 5.85. The molecule has 2 fully saturated rings. The molecule has 0 radical (unpaired) electrons. The minimum Gasteiger partial charge on any atom is -0.466 e. The van der Waals surface area contributed by atoms with E-state index in [1.54, 1.807) is 11.8 Å². The number of guanidine groups is 1. The minimum absolute atomic E-state index is 0.00800. The fraction of sp³-hybridized carbons (Fsp3) is 0.789. The van der Waals surface area contributed by atoms with Gasteiger partial charge in [0.1, 0.15) is 5.60 Å². The van der Waals surface area contributed by atoms with E-state index < -0.39 is 11.0 Å². The van der Waals surface area contributed by atoms with Crippen molar-refractivity contribution in [3.63, 3.8) is 0 Å². The molecule has 0 bridgehead atoms. The van der Waals surface area contributed by atoms with E-state index in [0.717, 1.165) is 0 Å². The summed E-state index contributed by atoms with van der Waals surface area (Å²) in [6.07, 6.45) is 1.52. The van der Waals surface area contributed by atoms with Crippen LogP contribution >= 0.6 is 0 Å². The van der Waals surface area contributed by atoms with Crippen molar-refractivity contribution in [1.82, 2.24) is 14.7 Å². The zero-order chi connectivity index (χ0) is 21.1. The van der Waals surface area contributed by atoms with Crippen LogP contribution < -0.4 is 0 Å². The van der Waals surface area contributed by atoms with Gasteiger partial charge < -0.3 is 24.2 Å². The van der Waals surface area contributed by atoms with Crippen molar-refractivity contribution < 1.29 is 19.1 Å². The number of ether oxygens (including phenoxy) is 2. The van der Waals surface area contributed by atoms with Crippen LogP contribution in [0.5, 0.6) is 0 Å². The molecule has 1 amide bonds. The maximum absolute atomic E-state index is 12.4. The van der Waals surface area contributed by atoms with Gasteiger partial charge in [0.2, 0.25) is 12.2 Å². The van der Waals surface area contributed by atoms with Crippen molar-refractivity contribution in [3.05, 3.63) is 0 Å². The number of hydrogen-bond donors (Lipinski definition) is 0. The molecule has 156 valence electrons. The summed E-state index contributed by atoms with van der Waals surface area (Å²) in [4.78, 5) is 34.3. The van der Waals surface area contributed by atoms with Gasteiger partial charge in [-0.05, 0) is 41.5 Å².